The Morgan fingerprint density at radius 2 is 1.82 bits per heavy atom. The van der Waals surface area contributed by atoms with E-state index in [2.05, 4.69) is 6.07 Å². The quantitative estimate of drug-likeness (QED) is 0.425. The highest BCUT2D eigenvalue weighted by Gasteiger charge is 2.43. The Kier molecular flexibility index (Phi) is 6.15. The fourth-order valence-corrected chi connectivity index (χ4v) is 5.47. The van der Waals surface area contributed by atoms with Gasteiger partial charge in [0.1, 0.15) is 28.7 Å². The van der Waals surface area contributed by atoms with Gasteiger partial charge in [0.05, 0.1) is 18.6 Å². The number of nitriles is 1. The molecule has 1 aliphatic heterocycles. The van der Waals surface area contributed by atoms with Crippen molar-refractivity contribution in [2.75, 3.05) is 7.11 Å². The van der Waals surface area contributed by atoms with Gasteiger partial charge in [-0.15, -0.1) is 0 Å². The molecule has 2 aliphatic rings. The summed E-state index contributed by atoms with van der Waals surface area (Å²) in [4.78, 5) is 26.5. The average Bonchev–Trinajstić information content (AvgIpc) is 2.86. The number of rotatable bonds is 4. The van der Waals surface area contributed by atoms with Gasteiger partial charge in [-0.1, -0.05) is 45.9 Å². The van der Waals surface area contributed by atoms with Gasteiger partial charge in [-0.05, 0) is 52.3 Å². The summed E-state index contributed by atoms with van der Waals surface area (Å²) >= 11 is 0. The molecule has 7 heteroatoms. The Hall–Kier alpha value is -4.31. The number of Topliss-reactive ketones (excluding diaryl/α,β-unsaturated/α-hetero) is 1. The molecule has 3 aromatic rings. The van der Waals surface area contributed by atoms with Crippen LogP contribution in [0.4, 0.5) is 0 Å². The highest BCUT2D eigenvalue weighted by molar-refractivity contribution is 6.00. The topological polar surface area (TPSA) is 116 Å². The fraction of sp³-hybridized carbons (Fsp3) is 0.323. The van der Waals surface area contributed by atoms with Crippen molar-refractivity contribution < 1.29 is 18.7 Å². The van der Waals surface area contributed by atoms with Crippen molar-refractivity contribution in [3.05, 3.63) is 86.8 Å². The lowest BCUT2D eigenvalue weighted by Crippen LogP contribution is -2.33. The van der Waals surface area contributed by atoms with Crippen LogP contribution >= 0.6 is 0 Å². The molecule has 0 fully saturated rings. The second-order valence-corrected chi connectivity index (χ2v) is 11.1. The maximum Gasteiger partial charge on any atom is 0.344 e. The van der Waals surface area contributed by atoms with Crippen LogP contribution in [0.3, 0.4) is 0 Å². The molecule has 1 atom stereocenters. The van der Waals surface area contributed by atoms with Gasteiger partial charge in [-0.3, -0.25) is 4.79 Å². The first-order valence-electron chi connectivity index (χ1n) is 12.6. The van der Waals surface area contributed by atoms with E-state index >= 15 is 0 Å². The van der Waals surface area contributed by atoms with Crippen LogP contribution < -0.4 is 16.1 Å². The van der Waals surface area contributed by atoms with E-state index in [0.29, 0.717) is 52.0 Å². The van der Waals surface area contributed by atoms with Crippen molar-refractivity contribution in [2.24, 2.45) is 11.1 Å². The number of carbonyl (C=O) groups excluding carboxylic acids is 1. The Morgan fingerprint density at radius 3 is 2.45 bits per heavy atom. The molecule has 0 spiro atoms. The number of hydrogen-bond acceptors (Lipinski definition) is 7. The molecule has 2 heterocycles. The molecule has 1 unspecified atom stereocenters. The number of benzene rings is 2. The molecule has 0 amide bonds. The smallest absolute Gasteiger partial charge is 0.344 e. The lowest BCUT2D eigenvalue weighted by Gasteiger charge is -2.37. The third-order valence-electron chi connectivity index (χ3n) is 7.32. The van der Waals surface area contributed by atoms with E-state index in [1.807, 2.05) is 39.8 Å². The van der Waals surface area contributed by atoms with Gasteiger partial charge in [-0.2, -0.15) is 5.26 Å². The molecular formula is C31H30N2O5. The summed E-state index contributed by atoms with van der Waals surface area (Å²) in [6, 6.07) is 15.0. The van der Waals surface area contributed by atoms with Gasteiger partial charge >= 0.3 is 5.63 Å². The molecule has 38 heavy (non-hydrogen) atoms. The second kappa shape index (κ2) is 9.21. The second-order valence-electron chi connectivity index (χ2n) is 11.1. The maximum absolute atomic E-state index is 13.4. The van der Waals surface area contributed by atoms with Gasteiger partial charge < -0.3 is 19.6 Å². The molecule has 5 rings (SSSR count). The van der Waals surface area contributed by atoms with Crippen molar-refractivity contribution in [1.29, 1.82) is 5.26 Å². The minimum atomic E-state index is -0.661. The van der Waals surface area contributed by atoms with E-state index in [0.717, 1.165) is 11.1 Å². The van der Waals surface area contributed by atoms with E-state index < -0.39 is 11.5 Å². The van der Waals surface area contributed by atoms with E-state index in [4.69, 9.17) is 19.6 Å². The van der Waals surface area contributed by atoms with Crippen molar-refractivity contribution in [2.45, 2.75) is 52.4 Å². The van der Waals surface area contributed by atoms with Crippen LogP contribution in [0.25, 0.3) is 22.1 Å². The van der Waals surface area contributed by atoms with Crippen LogP contribution in [0.15, 0.2) is 74.5 Å². The Labute approximate surface area is 221 Å². The SMILES string of the molecule is COc1ccc(-c2cc3cc(C4C(C#N)=C(N)OC5=C4C(=O)CC(C)(C)C5)cc(C(C)C)c3oc2=O)cc1. The third-order valence-corrected chi connectivity index (χ3v) is 7.32. The predicted octanol–water partition coefficient (Wildman–Crippen LogP) is 6.04. The van der Waals surface area contributed by atoms with Crippen LogP contribution in [0.2, 0.25) is 0 Å². The average molecular weight is 511 g/mol. The van der Waals surface area contributed by atoms with E-state index in [1.165, 1.54) is 0 Å². The minimum absolute atomic E-state index is 0.00794. The molecule has 0 saturated carbocycles. The minimum Gasteiger partial charge on any atom is -0.497 e. The molecular weight excluding hydrogens is 480 g/mol. The van der Waals surface area contributed by atoms with Crippen LogP contribution in [0, 0.1) is 16.7 Å². The predicted molar refractivity (Wildman–Crippen MR) is 144 cm³/mol. The van der Waals surface area contributed by atoms with Crippen LogP contribution in [0.5, 0.6) is 5.75 Å². The van der Waals surface area contributed by atoms with Crippen LogP contribution in [-0.2, 0) is 9.53 Å². The Bertz CT molecular complexity index is 1630. The summed E-state index contributed by atoms with van der Waals surface area (Å²) in [7, 11) is 1.58. The van der Waals surface area contributed by atoms with E-state index in [1.54, 1.807) is 37.4 Å². The number of hydrogen-bond donors (Lipinski definition) is 1. The van der Waals surface area contributed by atoms with Crippen molar-refractivity contribution >= 4 is 16.8 Å². The number of methoxy groups -OCH3 is 1. The first-order chi connectivity index (χ1) is 18.0. The fourth-order valence-electron chi connectivity index (χ4n) is 5.47. The third kappa shape index (κ3) is 4.26. The normalized spacial score (nSPS) is 18.9. The first kappa shape index (κ1) is 25.3. The zero-order chi connectivity index (χ0) is 27.4. The number of ketones is 1. The van der Waals surface area contributed by atoms with E-state index in [-0.39, 0.29) is 28.6 Å². The van der Waals surface area contributed by atoms with Gasteiger partial charge in [0, 0.05) is 23.8 Å². The molecule has 2 aromatic carbocycles. The zero-order valence-electron chi connectivity index (χ0n) is 22.2. The van der Waals surface area contributed by atoms with Gasteiger partial charge in [0.25, 0.3) is 0 Å². The van der Waals surface area contributed by atoms with Gasteiger partial charge in [0.2, 0.25) is 5.88 Å². The number of nitrogens with two attached hydrogens (primary N) is 1. The summed E-state index contributed by atoms with van der Waals surface area (Å²) in [5.41, 5.74) is 9.34. The lowest BCUT2D eigenvalue weighted by molar-refractivity contribution is -0.119. The maximum atomic E-state index is 13.4. The first-order valence-corrected chi connectivity index (χ1v) is 12.6. The molecule has 0 bridgehead atoms. The lowest BCUT2D eigenvalue weighted by atomic mass is 9.70. The van der Waals surface area contributed by atoms with Crippen LogP contribution in [0.1, 0.15) is 63.5 Å². The summed E-state index contributed by atoms with van der Waals surface area (Å²) < 4.78 is 17.0. The largest absolute Gasteiger partial charge is 0.497 e. The number of nitrogens with zero attached hydrogens (tertiary/aromatic N) is 1. The number of ether oxygens (including phenoxy) is 2. The monoisotopic (exact) mass is 510 g/mol. The highest BCUT2D eigenvalue weighted by atomic mass is 16.5. The zero-order valence-corrected chi connectivity index (χ0v) is 22.2. The summed E-state index contributed by atoms with van der Waals surface area (Å²) in [5, 5.41) is 10.8. The molecule has 2 N–H and O–H groups in total. The van der Waals surface area contributed by atoms with Crippen molar-refractivity contribution in [3.8, 4) is 22.9 Å². The number of fused-ring (bicyclic) bond motifs is 1. The number of allylic oxidation sites excluding steroid dienone is 3. The van der Waals surface area contributed by atoms with Crippen molar-refractivity contribution in [3.63, 3.8) is 0 Å². The van der Waals surface area contributed by atoms with Crippen LogP contribution in [-0.4, -0.2) is 12.9 Å². The molecule has 7 nitrogen and oxygen atoms in total. The molecule has 1 aromatic heterocycles. The van der Waals surface area contributed by atoms with Crippen molar-refractivity contribution in [1.82, 2.24) is 0 Å². The summed E-state index contributed by atoms with van der Waals surface area (Å²) in [6.45, 7) is 8.05. The molecule has 0 saturated heterocycles. The standard InChI is InChI=1S/C31H30N2O5/c1-16(2)21-11-18(26-23(15-32)29(33)37-25-14-31(3,4)13-24(34)27(25)26)10-19-12-22(30(35)38-28(19)21)17-6-8-20(36-5)9-7-17/h6-12,16,26H,13-14,33H2,1-5H3. The molecule has 1 aliphatic carbocycles. The van der Waals surface area contributed by atoms with Gasteiger partial charge in [-0.25, -0.2) is 4.79 Å². The summed E-state index contributed by atoms with van der Waals surface area (Å²) in [6.07, 6.45) is 0.899. The molecule has 0 radical (unpaired) electrons. The summed E-state index contributed by atoms with van der Waals surface area (Å²) in [5.74, 6) is 0.523. The Morgan fingerprint density at radius 1 is 1.11 bits per heavy atom. The van der Waals surface area contributed by atoms with Gasteiger partial charge in [0.15, 0.2) is 5.78 Å². The Balaban J connectivity index is 1.75. The number of carbonyl (C=O) groups is 1. The highest BCUT2D eigenvalue weighted by Crippen LogP contribution is 2.48. The molecule has 194 valence electrons. The van der Waals surface area contributed by atoms with E-state index in [9.17, 15) is 14.9 Å².